The van der Waals surface area contributed by atoms with Gasteiger partial charge in [0, 0.05) is 26.8 Å². The molecule has 1 amide bonds. The highest BCUT2D eigenvalue weighted by Crippen LogP contribution is 2.43. The molecule has 9 heteroatoms. The quantitative estimate of drug-likeness (QED) is 0.882. The zero-order valence-corrected chi connectivity index (χ0v) is 13.5. The predicted molar refractivity (Wildman–Crippen MR) is 77.2 cm³/mol. The van der Waals surface area contributed by atoms with Crippen molar-refractivity contribution in [1.29, 1.82) is 0 Å². The number of nitrogens with zero attached hydrogens (tertiary/aromatic N) is 3. The highest BCUT2D eigenvalue weighted by molar-refractivity contribution is 5.93. The molecule has 2 heterocycles. The first-order chi connectivity index (χ1) is 11.2. The average molecular weight is 347 g/mol. The Kier molecular flexibility index (Phi) is 4.11. The van der Waals surface area contributed by atoms with Crippen LogP contribution in [-0.2, 0) is 18.0 Å². The van der Waals surface area contributed by atoms with Gasteiger partial charge >= 0.3 is 6.18 Å². The highest BCUT2D eigenvalue weighted by Gasteiger charge is 2.52. The SMILES string of the molecule is CO[C@@]12CC[C@@H](O)C[C@@H]1N(C(=O)c1cc(C(F)(F)F)n(C)n1)CC2. The molecule has 0 aromatic carbocycles. The molecule has 1 aromatic rings. The fourth-order valence-corrected chi connectivity index (χ4v) is 3.90. The largest absolute Gasteiger partial charge is 0.433 e. The van der Waals surface area contributed by atoms with E-state index in [1.165, 1.54) is 4.90 Å². The average Bonchev–Trinajstić information content (AvgIpc) is 3.07. The number of aryl methyl sites for hydroxylation is 1. The summed E-state index contributed by atoms with van der Waals surface area (Å²) >= 11 is 0. The summed E-state index contributed by atoms with van der Waals surface area (Å²) < 4.78 is 45.0. The molecule has 6 nitrogen and oxygen atoms in total. The Morgan fingerprint density at radius 2 is 2.17 bits per heavy atom. The maximum absolute atomic E-state index is 12.9. The molecule has 1 N–H and O–H groups in total. The molecule has 0 unspecified atom stereocenters. The molecular weight excluding hydrogens is 327 g/mol. The molecule has 2 aliphatic rings. The van der Waals surface area contributed by atoms with Crippen LogP contribution in [0.5, 0.6) is 0 Å². The molecule has 0 spiro atoms. The number of amides is 1. The molecule has 1 saturated heterocycles. The van der Waals surface area contributed by atoms with Crippen molar-refractivity contribution in [3.63, 3.8) is 0 Å². The van der Waals surface area contributed by atoms with Crippen molar-refractivity contribution in [3.05, 3.63) is 17.5 Å². The number of likely N-dealkylation sites (tertiary alicyclic amines) is 1. The Bertz CT molecular complexity index is 646. The van der Waals surface area contributed by atoms with Gasteiger partial charge in [0.25, 0.3) is 5.91 Å². The smallest absolute Gasteiger partial charge is 0.393 e. The number of hydrogen-bond acceptors (Lipinski definition) is 4. The number of aliphatic hydroxyl groups excluding tert-OH is 1. The van der Waals surface area contributed by atoms with Gasteiger partial charge in [-0.05, 0) is 25.7 Å². The Morgan fingerprint density at radius 3 is 2.75 bits per heavy atom. The van der Waals surface area contributed by atoms with Gasteiger partial charge in [-0.2, -0.15) is 18.3 Å². The molecule has 1 aromatic heterocycles. The zero-order chi connectivity index (χ0) is 17.7. The van der Waals surface area contributed by atoms with E-state index < -0.39 is 29.5 Å². The summed E-state index contributed by atoms with van der Waals surface area (Å²) in [6.07, 6.45) is -2.93. The summed E-state index contributed by atoms with van der Waals surface area (Å²) in [5.41, 5.74) is -1.74. The molecule has 3 rings (SSSR count). The lowest BCUT2D eigenvalue weighted by Gasteiger charge is -2.42. The van der Waals surface area contributed by atoms with E-state index in [-0.39, 0.29) is 11.7 Å². The van der Waals surface area contributed by atoms with E-state index >= 15 is 0 Å². The van der Waals surface area contributed by atoms with Crippen molar-refractivity contribution < 1.29 is 27.8 Å². The lowest BCUT2D eigenvalue weighted by molar-refractivity contribution is -0.143. The van der Waals surface area contributed by atoms with E-state index in [9.17, 15) is 23.1 Å². The minimum absolute atomic E-state index is 0.239. The second-order valence-electron chi connectivity index (χ2n) is 6.50. The topological polar surface area (TPSA) is 67.6 Å². The van der Waals surface area contributed by atoms with Gasteiger partial charge in [0.2, 0.25) is 0 Å². The number of halogens is 3. The number of fused-ring (bicyclic) bond motifs is 1. The van der Waals surface area contributed by atoms with E-state index in [1.54, 1.807) is 7.11 Å². The molecule has 3 atom stereocenters. The van der Waals surface area contributed by atoms with Gasteiger partial charge in [-0.3, -0.25) is 9.48 Å². The van der Waals surface area contributed by atoms with Gasteiger partial charge < -0.3 is 14.7 Å². The lowest BCUT2D eigenvalue weighted by atomic mass is 9.79. The highest BCUT2D eigenvalue weighted by atomic mass is 19.4. The van der Waals surface area contributed by atoms with Crippen LogP contribution in [0.25, 0.3) is 0 Å². The number of hydrogen-bond donors (Lipinski definition) is 1. The predicted octanol–water partition coefficient (Wildman–Crippen LogP) is 1.58. The fourth-order valence-electron chi connectivity index (χ4n) is 3.90. The van der Waals surface area contributed by atoms with Crippen LogP contribution in [0, 0.1) is 0 Å². The third kappa shape index (κ3) is 2.69. The fraction of sp³-hybridized carbons (Fsp3) is 0.733. The molecule has 1 saturated carbocycles. The van der Waals surface area contributed by atoms with Crippen molar-refractivity contribution in [2.24, 2.45) is 7.05 Å². The number of alkyl halides is 3. The monoisotopic (exact) mass is 347 g/mol. The number of ether oxygens (including phenoxy) is 1. The minimum atomic E-state index is -4.57. The van der Waals surface area contributed by atoms with Gasteiger partial charge in [-0.1, -0.05) is 0 Å². The van der Waals surface area contributed by atoms with E-state index in [0.717, 1.165) is 13.1 Å². The summed E-state index contributed by atoms with van der Waals surface area (Å²) in [6, 6.07) is 0.420. The van der Waals surface area contributed by atoms with Crippen molar-refractivity contribution in [2.45, 2.75) is 49.6 Å². The van der Waals surface area contributed by atoms with Crippen LogP contribution in [0.15, 0.2) is 6.07 Å². The second-order valence-corrected chi connectivity index (χ2v) is 6.50. The van der Waals surface area contributed by atoms with Crippen LogP contribution >= 0.6 is 0 Å². The number of methoxy groups -OCH3 is 1. The first-order valence-corrected chi connectivity index (χ1v) is 7.83. The van der Waals surface area contributed by atoms with Gasteiger partial charge in [0.05, 0.1) is 17.7 Å². The van der Waals surface area contributed by atoms with E-state index in [0.29, 0.717) is 36.9 Å². The molecule has 0 radical (unpaired) electrons. The van der Waals surface area contributed by atoms with Crippen molar-refractivity contribution in [1.82, 2.24) is 14.7 Å². The van der Waals surface area contributed by atoms with Gasteiger partial charge in [0.1, 0.15) is 5.69 Å². The van der Waals surface area contributed by atoms with Crippen molar-refractivity contribution in [3.8, 4) is 0 Å². The van der Waals surface area contributed by atoms with Gasteiger partial charge in [0.15, 0.2) is 5.69 Å². The van der Waals surface area contributed by atoms with Gasteiger partial charge in [-0.25, -0.2) is 0 Å². The van der Waals surface area contributed by atoms with Crippen molar-refractivity contribution >= 4 is 5.91 Å². The molecule has 134 valence electrons. The van der Waals surface area contributed by atoms with Crippen LogP contribution in [0.3, 0.4) is 0 Å². The Morgan fingerprint density at radius 1 is 1.46 bits per heavy atom. The summed E-state index contributed by atoms with van der Waals surface area (Å²) in [6.45, 7) is 0.377. The zero-order valence-electron chi connectivity index (χ0n) is 13.5. The molecule has 24 heavy (non-hydrogen) atoms. The van der Waals surface area contributed by atoms with Crippen molar-refractivity contribution in [2.75, 3.05) is 13.7 Å². The van der Waals surface area contributed by atoms with E-state index in [1.807, 2.05) is 0 Å². The summed E-state index contributed by atoms with van der Waals surface area (Å²) in [5, 5.41) is 13.7. The molecular formula is C15H20F3N3O3. The maximum Gasteiger partial charge on any atom is 0.433 e. The number of aliphatic hydroxyl groups is 1. The summed E-state index contributed by atoms with van der Waals surface area (Å²) in [7, 11) is 2.73. The molecule has 0 bridgehead atoms. The number of aromatic nitrogens is 2. The van der Waals surface area contributed by atoms with Crippen LogP contribution in [-0.4, -0.2) is 57.1 Å². The lowest BCUT2D eigenvalue weighted by Crippen LogP contribution is -2.52. The Labute approximate surface area is 137 Å². The Balaban J connectivity index is 1.88. The molecule has 2 fully saturated rings. The summed E-state index contributed by atoms with van der Waals surface area (Å²) in [5.74, 6) is -0.556. The van der Waals surface area contributed by atoms with E-state index in [2.05, 4.69) is 5.10 Å². The van der Waals surface area contributed by atoms with Gasteiger partial charge in [-0.15, -0.1) is 0 Å². The van der Waals surface area contributed by atoms with E-state index in [4.69, 9.17) is 4.74 Å². The molecule has 1 aliphatic heterocycles. The van der Waals surface area contributed by atoms with Crippen LogP contribution in [0.2, 0.25) is 0 Å². The van der Waals surface area contributed by atoms with Crippen LogP contribution < -0.4 is 0 Å². The number of rotatable bonds is 2. The number of carbonyl (C=O) groups excluding carboxylic acids is 1. The third-order valence-corrected chi connectivity index (χ3v) is 5.21. The second kappa shape index (κ2) is 5.73. The van der Waals surface area contributed by atoms with Crippen LogP contribution in [0.4, 0.5) is 13.2 Å². The Hall–Kier alpha value is -1.61. The first-order valence-electron chi connectivity index (χ1n) is 7.83. The first kappa shape index (κ1) is 17.2. The molecule has 1 aliphatic carbocycles. The van der Waals surface area contributed by atoms with Crippen LogP contribution in [0.1, 0.15) is 41.9 Å². The summed E-state index contributed by atoms with van der Waals surface area (Å²) in [4.78, 5) is 14.2. The number of carbonyl (C=O) groups is 1. The maximum atomic E-state index is 12.9. The normalized spacial score (nSPS) is 30.5. The third-order valence-electron chi connectivity index (χ3n) is 5.21. The minimum Gasteiger partial charge on any atom is -0.393 e. The standard InChI is InChI=1S/C15H20F3N3O3/c1-20-12(15(16,17)18)8-10(19-20)13(23)21-6-5-14(24-2)4-3-9(22)7-11(14)21/h8-9,11,22H,3-7H2,1-2H3/t9-,11+,14-/m1/s1.